The number of hydrogen-bond donors (Lipinski definition) is 1. The molecule has 2 aromatic rings. The number of carbonyl (C=O) groups is 1. The van der Waals surface area contributed by atoms with Crippen LogP contribution in [0.1, 0.15) is 23.5 Å². The minimum absolute atomic E-state index is 0.0467. The van der Waals surface area contributed by atoms with E-state index in [1.54, 1.807) is 4.90 Å². The molecule has 0 radical (unpaired) electrons. The molecule has 0 aromatic heterocycles. The van der Waals surface area contributed by atoms with Gasteiger partial charge in [0.2, 0.25) is 0 Å². The molecule has 1 saturated heterocycles. The number of hydrogen-bond acceptors (Lipinski definition) is 3. The van der Waals surface area contributed by atoms with Gasteiger partial charge in [0.15, 0.2) is 0 Å². The summed E-state index contributed by atoms with van der Waals surface area (Å²) in [7, 11) is 0. The fourth-order valence-electron chi connectivity index (χ4n) is 3.33. The summed E-state index contributed by atoms with van der Waals surface area (Å²) in [6.07, 6.45) is 0.541. The molecule has 24 heavy (non-hydrogen) atoms. The van der Waals surface area contributed by atoms with E-state index in [4.69, 9.17) is 4.74 Å². The second-order valence-corrected chi connectivity index (χ2v) is 6.23. The van der Waals surface area contributed by atoms with Crippen LogP contribution >= 0.6 is 0 Å². The van der Waals surface area contributed by atoms with E-state index in [1.807, 2.05) is 48.5 Å². The van der Waals surface area contributed by atoms with Crippen molar-refractivity contribution >= 4 is 6.09 Å². The summed E-state index contributed by atoms with van der Waals surface area (Å²) in [5.41, 5.74) is 2.21. The number of aliphatic hydroxyl groups is 1. The highest BCUT2D eigenvalue weighted by atomic mass is 16.6. The predicted octanol–water partition coefficient (Wildman–Crippen LogP) is 3.42. The molecule has 0 aliphatic carbocycles. The highest BCUT2D eigenvalue weighted by Crippen LogP contribution is 2.32. The molecule has 1 heterocycles. The first-order valence-corrected chi connectivity index (χ1v) is 8.39. The minimum atomic E-state index is -0.302. The molecule has 1 amide bonds. The molecule has 1 fully saturated rings. The Hall–Kier alpha value is -2.33. The van der Waals surface area contributed by atoms with Crippen LogP contribution in [0.2, 0.25) is 0 Å². The number of ether oxygens (including phenoxy) is 1. The summed E-state index contributed by atoms with van der Waals surface area (Å²) < 4.78 is 5.41. The lowest BCUT2D eigenvalue weighted by molar-refractivity contribution is 0.0613. The summed E-state index contributed by atoms with van der Waals surface area (Å²) >= 11 is 0. The average molecular weight is 325 g/mol. The molecule has 0 unspecified atom stereocenters. The summed E-state index contributed by atoms with van der Waals surface area (Å²) in [6.45, 7) is 1.54. The van der Waals surface area contributed by atoms with Crippen LogP contribution in [0.5, 0.6) is 0 Å². The molecular formula is C20H23NO3. The Bertz CT molecular complexity index is 644. The molecule has 1 N–H and O–H groups in total. The smallest absolute Gasteiger partial charge is 0.410 e. The van der Waals surface area contributed by atoms with Gasteiger partial charge in [0, 0.05) is 25.6 Å². The van der Waals surface area contributed by atoms with E-state index in [1.165, 1.54) is 5.56 Å². The van der Waals surface area contributed by atoms with Gasteiger partial charge in [0.05, 0.1) is 0 Å². The molecule has 4 nitrogen and oxygen atoms in total. The van der Waals surface area contributed by atoms with Gasteiger partial charge >= 0.3 is 6.09 Å². The quantitative estimate of drug-likeness (QED) is 0.937. The van der Waals surface area contributed by atoms with E-state index in [-0.39, 0.29) is 31.1 Å². The molecule has 126 valence electrons. The lowest BCUT2D eigenvalue weighted by Gasteiger charge is -2.37. The Morgan fingerprint density at radius 3 is 2.42 bits per heavy atom. The van der Waals surface area contributed by atoms with Gasteiger partial charge < -0.3 is 14.7 Å². The van der Waals surface area contributed by atoms with Gasteiger partial charge in [-0.25, -0.2) is 4.79 Å². The van der Waals surface area contributed by atoms with Crippen molar-refractivity contribution in [2.45, 2.75) is 18.9 Å². The maximum atomic E-state index is 12.3. The fraction of sp³-hybridized carbons (Fsp3) is 0.350. The monoisotopic (exact) mass is 325 g/mol. The summed E-state index contributed by atoms with van der Waals surface area (Å²) in [4.78, 5) is 14.0. The second-order valence-electron chi connectivity index (χ2n) is 6.23. The SMILES string of the molecule is O=C(OCc1ccccc1)N1CC[C@@H](c2ccccc2)[C@H](CO)C1. The van der Waals surface area contributed by atoms with E-state index in [9.17, 15) is 9.90 Å². The van der Waals surface area contributed by atoms with Crippen molar-refractivity contribution in [1.82, 2.24) is 4.90 Å². The van der Waals surface area contributed by atoms with Gasteiger partial charge in [0.1, 0.15) is 6.61 Å². The average Bonchev–Trinajstić information content (AvgIpc) is 2.67. The first kappa shape index (κ1) is 16.5. The normalized spacial score (nSPS) is 20.6. The maximum Gasteiger partial charge on any atom is 0.410 e. The van der Waals surface area contributed by atoms with Crippen LogP contribution in [0.4, 0.5) is 4.79 Å². The molecule has 0 spiro atoms. The van der Waals surface area contributed by atoms with E-state index in [0.29, 0.717) is 13.1 Å². The number of nitrogens with zero attached hydrogens (tertiary/aromatic N) is 1. The van der Waals surface area contributed by atoms with Crippen molar-refractivity contribution in [3.63, 3.8) is 0 Å². The zero-order valence-corrected chi connectivity index (χ0v) is 13.7. The van der Waals surface area contributed by atoms with Crippen LogP contribution in [0.25, 0.3) is 0 Å². The molecule has 3 rings (SSSR count). The molecule has 1 aliphatic rings. The van der Waals surface area contributed by atoms with Crippen LogP contribution in [-0.4, -0.2) is 35.8 Å². The number of aliphatic hydroxyl groups excluding tert-OH is 1. The topological polar surface area (TPSA) is 49.8 Å². The summed E-state index contributed by atoms with van der Waals surface area (Å²) in [6, 6.07) is 19.9. The second kappa shape index (κ2) is 7.97. The molecule has 2 aromatic carbocycles. The van der Waals surface area contributed by atoms with Crippen molar-refractivity contribution < 1.29 is 14.6 Å². The first-order chi connectivity index (χ1) is 11.8. The van der Waals surface area contributed by atoms with Gasteiger partial charge in [-0.1, -0.05) is 60.7 Å². The van der Waals surface area contributed by atoms with Gasteiger partial charge in [-0.05, 0) is 23.5 Å². The number of carbonyl (C=O) groups excluding carboxylic acids is 1. The van der Waals surface area contributed by atoms with Crippen molar-refractivity contribution in [2.24, 2.45) is 5.92 Å². The highest BCUT2D eigenvalue weighted by molar-refractivity contribution is 5.67. The Labute approximate surface area is 142 Å². The van der Waals surface area contributed by atoms with Crippen molar-refractivity contribution in [3.05, 3.63) is 71.8 Å². The molecule has 0 bridgehead atoms. The standard InChI is InChI=1S/C20H23NO3/c22-14-18-13-21(12-11-19(18)17-9-5-2-6-10-17)20(23)24-15-16-7-3-1-4-8-16/h1-10,18-19,22H,11-15H2/t18-,19-/m0/s1. The molecule has 1 aliphatic heterocycles. The molecule has 2 atom stereocenters. The lowest BCUT2D eigenvalue weighted by atomic mass is 9.81. The Kier molecular flexibility index (Phi) is 5.49. The Balaban J connectivity index is 1.58. The Morgan fingerprint density at radius 1 is 1.08 bits per heavy atom. The van der Waals surface area contributed by atoms with Crippen LogP contribution < -0.4 is 0 Å². The van der Waals surface area contributed by atoms with Crippen LogP contribution in [0.3, 0.4) is 0 Å². The summed E-state index contributed by atoms with van der Waals surface area (Å²) in [5, 5.41) is 9.75. The molecule has 0 saturated carbocycles. The third-order valence-corrected chi connectivity index (χ3v) is 4.66. The fourth-order valence-corrected chi connectivity index (χ4v) is 3.33. The van der Waals surface area contributed by atoms with Gasteiger partial charge in [-0.2, -0.15) is 0 Å². The number of benzene rings is 2. The minimum Gasteiger partial charge on any atom is -0.445 e. The number of likely N-dealkylation sites (tertiary alicyclic amines) is 1. The number of piperidine rings is 1. The van der Waals surface area contributed by atoms with Gasteiger partial charge in [0.25, 0.3) is 0 Å². The molecule has 4 heteroatoms. The first-order valence-electron chi connectivity index (χ1n) is 8.39. The number of amides is 1. The number of rotatable bonds is 4. The van der Waals surface area contributed by atoms with Crippen molar-refractivity contribution in [1.29, 1.82) is 0 Å². The maximum absolute atomic E-state index is 12.3. The van der Waals surface area contributed by atoms with E-state index >= 15 is 0 Å². The van der Waals surface area contributed by atoms with E-state index < -0.39 is 0 Å². The Morgan fingerprint density at radius 2 is 1.75 bits per heavy atom. The zero-order chi connectivity index (χ0) is 16.8. The van der Waals surface area contributed by atoms with E-state index in [0.717, 1.165) is 12.0 Å². The predicted molar refractivity (Wildman–Crippen MR) is 92.6 cm³/mol. The van der Waals surface area contributed by atoms with Crippen molar-refractivity contribution in [3.8, 4) is 0 Å². The van der Waals surface area contributed by atoms with Crippen LogP contribution in [-0.2, 0) is 11.3 Å². The van der Waals surface area contributed by atoms with Crippen LogP contribution in [0.15, 0.2) is 60.7 Å². The van der Waals surface area contributed by atoms with Crippen molar-refractivity contribution in [2.75, 3.05) is 19.7 Å². The third kappa shape index (κ3) is 3.95. The lowest BCUT2D eigenvalue weighted by Crippen LogP contribution is -2.44. The van der Waals surface area contributed by atoms with E-state index in [2.05, 4.69) is 12.1 Å². The van der Waals surface area contributed by atoms with Crippen LogP contribution in [0, 0.1) is 5.92 Å². The zero-order valence-electron chi connectivity index (χ0n) is 13.7. The van der Waals surface area contributed by atoms with Gasteiger partial charge in [-0.15, -0.1) is 0 Å². The highest BCUT2D eigenvalue weighted by Gasteiger charge is 2.32. The molecular weight excluding hydrogens is 302 g/mol. The van der Waals surface area contributed by atoms with Gasteiger partial charge in [-0.3, -0.25) is 0 Å². The summed E-state index contributed by atoms with van der Waals surface area (Å²) in [5.74, 6) is 0.333. The third-order valence-electron chi connectivity index (χ3n) is 4.66. The largest absolute Gasteiger partial charge is 0.445 e.